The second-order valence-electron chi connectivity index (χ2n) is 5.24. The molecule has 0 aliphatic rings. The van der Waals surface area contributed by atoms with E-state index in [0.717, 1.165) is 6.42 Å². The molecule has 1 rings (SSSR count). The van der Waals surface area contributed by atoms with Crippen LogP contribution in [0.2, 0.25) is 0 Å². The Balaban J connectivity index is 3.30. The lowest BCUT2D eigenvalue weighted by molar-refractivity contribution is -0.384. The van der Waals surface area contributed by atoms with Gasteiger partial charge in [-0.2, -0.15) is 0 Å². The fourth-order valence-corrected chi connectivity index (χ4v) is 1.83. The summed E-state index contributed by atoms with van der Waals surface area (Å²) in [7, 11) is 3.29. The molecule has 0 radical (unpaired) electrons. The first-order valence-electron chi connectivity index (χ1n) is 6.49. The summed E-state index contributed by atoms with van der Waals surface area (Å²) in [5, 5.41) is 13.8. The highest BCUT2D eigenvalue weighted by atomic mass is 16.6. The number of nitro groups is 1. The van der Waals surface area contributed by atoms with Gasteiger partial charge in [0.1, 0.15) is 5.69 Å². The van der Waals surface area contributed by atoms with Crippen molar-refractivity contribution in [3.05, 3.63) is 33.9 Å². The Bertz CT molecular complexity index is 526. The largest absolute Gasteiger partial charge is 0.382 e. The standard InChI is InChI=1S/C14H21N3O3/c1-6-14(2,3)16(5)13(18)10-8-7-9-11(17(19)20)12(10)15-4/h7-9,15H,6H2,1-5H3. The Morgan fingerprint density at radius 3 is 2.50 bits per heavy atom. The predicted octanol–water partition coefficient (Wildman–Crippen LogP) is 2.90. The highest BCUT2D eigenvalue weighted by Crippen LogP contribution is 2.30. The third-order valence-electron chi connectivity index (χ3n) is 3.80. The molecule has 0 fully saturated rings. The molecule has 1 N–H and O–H groups in total. The summed E-state index contributed by atoms with van der Waals surface area (Å²) in [6.07, 6.45) is 0.791. The average molecular weight is 279 g/mol. The van der Waals surface area contributed by atoms with Crippen molar-refractivity contribution in [2.24, 2.45) is 0 Å². The molecule has 0 saturated carbocycles. The number of rotatable bonds is 5. The summed E-state index contributed by atoms with van der Waals surface area (Å²) in [5.74, 6) is -0.232. The van der Waals surface area contributed by atoms with Crippen molar-refractivity contribution in [3.8, 4) is 0 Å². The Kier molecular flexibility index (Phi) is 4.70. The van der Waals surface area contributed by atoms with Crippen molar-refractivity contribution in [2.75, 3.05) is 19.4 Å². The molecule has 1 aromatic carbocycles. The zero-order valence-corrected chi connectivity index (χ0v) is 12.6. The van der Waals surface area contributed by atoms with Gasteiger partial charge in [-0.3, -0.25) is 14.9 Å². The second kappa shape index (κ2) is 5.90. The van der Waals surface area contributed by atoms with Gasteiger partial charge in [-0.1, -0.05) is 13.0 Å². The van der Waals surface area contributed by atoms with Gasteiger partial charge < -0.3 is 10.2 Å². The van der Waals surface area contributed by atoms with Gasteiger partial charge in [0.2, 0.25) is 0 Å². The lowest BCUT2D eigenvalue weighted by Crippen LogP contribution is -2.44. The van der Waals surface area contributed by atoms with Crippen LogP contribution in [-0.4, -0.2) is 35.4 Å². The van der Waals surface area contributed by atoms with Crippen LogP contribution in [0.1, 0.15) is 37.6 Å². The van der Waals surface area contributed by atoms with E-state index in [1.54, 1.807) is 25.1 Å². The number of amides is 1. The van der Waals surface area contributed by atoms with Crippen molar-refractivity contribution < 1.29 is 9.72 Å². The molecule has 110 valence electrons. The van der Waals surface area contributed by atoms with Gasteiger partial charge in [-0.15, -0.1) is 0 Å². The van der Waals surface area contributed by atoms with Gasteiger partial charge in [-0.25, -0.2) is 0 Å². The minimum absolute atomic E-state index is 0.0962. The van der Waals surface area contributed by atoms with Crippen molar-refractivity contribution in [2.45, 2.75) is 32.7 Å². The molecule has 0 atom stereocenters. The van der Waals surface area contributed by atoms with Crippen molar-refractivity contribution in [3.63, 3.8) is 0 Å². The molecule has 20 heavy (non-hydrogen) atoms. The highest BCUT2D eigenvalue weighted by molar-refractivity contribution is 6.01. The molecule has 1 aromatic rings. The summed E-state index contributed by atoms with van der Waals surface area (Å²) in [4.78, 5) is 24.7. The fraction of sp³-hybridized carbons (Fsp3) is 0.500. The van der Waals surface area contributed by atoms with E-state index in [0.29, 0.717) is 5.56 Å². The normalized spacial score (nSPS) is 11.1. The number of nitrogens with zero attached hydrogens (tertiary/aromatic N) is 2. The number of nitro benzene ring substituents is 1. The van der Waals surface area contributed by atoms with E-state index in [9.17, 15) is 14.9 Å². The van der Waals surface area contributed by atoms with E-state index in [-0.39, 0.29) is 22.8 Å². The van der Waals surface area contributed by atoms with Crippen LogP contribution >= 0.6 is 0 Å². The van der Waals surface area contributed by atoms with Crippen LogP contribution in [-0.2, 0) is 0 Å². The molecule has 0 bridgehead atoms. The van der Waals surface area contributed by atoms with Crippen LogP contribution in [0.4, 0.5) is 11.4 Å². The van der Waals surface area contributed by atoms with Gasteiger partial charge >= 0.3 is 0 Å². The first kappa shape index (κ1) is 15.9. The quantitative estimate of drug-likeness (QED) is 0.664. The Labute approximate surface area is 118 Å². The first-order chi connectivity index (χ1) is 9.26. The highest BCUT2D eigenvalue weighted by Gasteiger charge is 2.29. The number of anilines is 1. The minimum atomic E-state index is -0.492. The predicted molar refractivity (Wildman–Crippen MR) is 79.1 cm³/mol. The topological polar surface area (TPSA) is 75.5 Å². The molecule has 6 heteroatoms. The number of hydrogen-bond donors (Lipinski definition) is 1. The fourth-order valence-electron chi connectivity index (χ4n) is 1.83. The van der Waals surface area contributed by atoms with E-state index < -0.39 is 4.92 Å². The molecule has 0 heterocycles. The molecular weight excluding hydrogens is 258 g/mol. The van der Waals surface area contributed by atoms with E-state index in [2.05, 4.69) is 5.32 Å². The number of benzene rings is 1. The number of nitrogens with one attached hydrogen (secondary N) is 1. The molecule has 0 aromatic heterocycles. The van der Waals surface area contributed by atoms with Gasteiger partial charge in [-0.05, 0) is 26.3 Å². The van der Waals surface area contributed by atoms with E-state index in [1.807, 2.05) is 20.8 Å². The first-order valence-corrected chi connectivity index (χ1v) is 6.49. The Morgan fingerprint density at radius 2 is 2.05 bits per heavy atom. The van der Waals surface area contributed by atoms with E-state index in [1.165, 1.54) is 12.1 Å². The molecule has 1 amide bonds. The molecule has 6 nitrogen and oxygen atoms in total. The average Bonchev–Trinajstić information content (AvgIpc) is 2.44. The molecule has 0 aliphatic heterocycles. The van der Waals surface area contributed by atoms with E-state index in [4.69, 9.17) is 0 Å². The zero-order valence-electron chi connectivity index (χ0n) is 12.6. The van der Waals surface area contributed by atoms with E-state index >= 15 is 0 Å². The van der Waals surface area contributed by atoms with Crippen LogP contribution in [0.3, 0.4) is 0 Å². The molecule has 0 spiro atoms. The third-order valence-corrected chi connectivity index (χ3v) is 3.80. The third kappa shape index (κ3) is 2.89. The second-order valence-corrected chi connectivity index (χ2v) is 5.24. The molecule has 0 aliphatic carbocycles. The molecule has 0 saturated heterocycles. The van der Waals surface area contributed by atoms with Crippen LogP contribution in [0.5, 0.6) is 0 Å². The summed E-state index contributed by atoms with van der Waals surface area (Å²) in [6, 6.07) is 4.51. The Morgan fingerprint density at radius 1 is 1.45 bits per heavy atom. The number of hydrogen-bond acceptors (Lipinski definition) is 4. The Hall–Kier alpha value is -2.11. The van der Waals surface area contributed by atoms with Crippen LogP contribution in [0, 0.1) is 10.1 Å². The van der Waals surface area contributed by atoms with Gasteiger partial charge in [0.25, 0.3) is 11.6 Å². The van der Waals surface area contributed by atoms with Crippen molar-refractivity contribution in [1.29, 1.82) is 0 Å². The molecular formula is C14H21N3O3. The van der Waals surface area contributed by atoms with Crippen molar-refractivity contribution in [1.82, 2.24) is 4.90 Å². The summed E-state index contributed by atoms with van der Waals surface area (Å²) in [6.45, 7) is 5.92. The number of para-hydroxylation sites is 1. The maximum atomic E-state index is 12.6. The maximum Gasteiger partial charge on any atom is 0.293 e. The minimum Gasteiger partial charge on any atom is -0.382 e. The van der Waals surface area contributed by atoms with Crippen molar-refractivity contribution >= 4 is 17.3 Å². The monoisotopic (exact) mass is 279 g/mol. The summed E-state index contributed by atoms with van der Waals surface area (Å²) in [5.41, 5.74) is 0.153. The number of carbonyl (C=O) groups is 1. The SMILES string of the molecule is CCC(C)(C)N(C)C(=O)c1cccc([N+](=O)[O-])c1NC. The number of carbonyl (C=O) groups excluding carboxylic acids is 1. The summed E-state index contributed by atoms with van der Waals surface area (Å²) < 4.78 is 0. The smallest absolute Gasteiger partial charge is 0.293 e. The van der Waals surface area contributed by atoms with Gasteiger partial charge in [0.05, 0.1) is 10.5 Å². The van der Waals surface area contributed by atoms with Crippen LogP contribution < -0.4 is 5.32 Å². The summed E-state index contributed by atoms with van der Waals surface area (Å²) >= 11 is 0. The van der Waals surface area contributed by atoms with Crippen LogP contribution in [0.25, 0.3) is 0 Å². The lowest BCUT2D eigenvalue weighted by Gasteiger charge is -2.35. The molecule has 0 unspecified atom stereocenters. The van der Waals surface area contributed by atoms with Gasteiger partial charge in [0.15, 0.2) is 0 Å². The lowest BCUT2D eigenvalue weighted by atomic mass is 9.98. The van der Waals surface area contributed by atoms with Crippen LogP contribution in [0.15, 0.2) is 18.2 Å². The maximum absolute atomic E-state index is 12.6. The van der Waals surface area contributed by atoms with Gasteiger partial charge in [0, 0.05) is 25.7 Å². The zero-order chi connectivity index (χ0) is 15.5.